The average Bonchev–Trinajstić information content (AvgIpc) is 2.53. The van der Waals surface area contributed by atoms with Gasteiger partial charge in [0, 0.05) is 12.8 Å². The zero-order chi connectivity index (χ0) is 9.26. The van der Waals surface area contributed by atoms with E-state index in [0.717, 1.165) is 0 Å². The van der Waals surface area contributed by atoms with Crippen molar-refractivity contribution in [2.45, 2.75) is 38.5 Å². The van der Waals surface area contributed by atoms with E-state index < -0.39 is 0 Å². The standard InChI is InChI=1S/C10H14O3/c11-9-5-8(6-10(12)13-9)7-3-1-2-4-7/h7-8H,1-6H2. The fourth-order valence-corrected chi connectivity index (χ4v) is 2.47. The molecule has 1 aliphatic heterocycles. The highest BCUT2D eigenvalue weighted by atomic mass is 16.6. The highest BCUT2D eigenvalue weighted by molar-refractivity contribution is 5.88. The Morgan fingerprint density at radius 1 is 0.923 bits per heavy atom. The Balaban J connectivity index is 1.97. The number of hydrogen-bond donors (Lipinski definition) is 0. The van der Waals surface area contributed by atoms with Gasteiger partial charge in [0.1, 0.15) is 0 Å². The zero-order valence-corrected chi connectivity index (χ0v) is 7.62. The lowest BCUT2D eigenvalue weighted by atomic mass is 9.84. The lowest BCUT2D eigenvalue weighted by Gasteiger charge is -2.24. The van der Waals surface area contributed by atoms with Crippen LogP contribution in [0.2, 0.25) is 0 Å². The molecule has 0 aromatic rings. The Hall–Kier alpha value is -0.860. The number of cyclic esters (lactones) is 2. The summed E-state index contributed by atoms with van der Waals surface area (Å²) in [6, 6.07) is 0. The third kappa shape index (κ3) is 1.90. The molecule has 0 radical (unpaired) electrons. The van der Waals surface area contributed by atoms with Gasteiger partial charge in [-0.3, -0.25) is 9.59 Å². The second kappa shape index (κ2) is 3.48. The van der Waals surface area contributed by atoms with Crippen LogP contribution in [0, 0.1) is 11.8 Å². The van der Waals surface area contributed by atoms with Gasteiger partial charge in [0.15, 0.2) is 0 Å². The molecule has 3 nitrogen and oxygen atoms in total. The number of esters is 2. The summed E-state index contributed by atoms with van der Waals surface area (Å²) < 4.78 is 4.50. The van der Waals surface area contributed by atoms with Gasteiger partial charge in [-0.05, 0) is 11.8 Å². The van der Waals surface area contributed by atoms with Crippen LogP contribution < -0.4 is 0 Å². The summed E-state index contributed by atoms with van der Waals surface area (Å²) in [6.45, 7) is 0. The van der Waals surface area contributed by atoms with Crippen LogP contribution in [0.25, 0.3) is 0 Å². The van der Waals surface area contributed by atoms with Crippen molar-refractivity contribution in [3.63, 3.8) is 0 Å². The van der Waals surface area contributed by atoms with Gasteiger partial charge in [-0.2, -0.15) is 0 Å². The number of carbonyl (C=O) groups is 2. The molecule has 0 aromatic heterocycles. The van der Waals surface area contributed by atoms with E-state index >= 15 is 0 Å². The van der Waals surface area contributed by atoms with Crippen LogP contribution in [-0.4, -0.2) is 11.9 Å². The summed E-state index contributed by atoms with van der Waals surface area (Å²) in [4.78, 5) is 22.0. The van der Waals surface area contributed by atoms with Crippen molar-refractivity contribution in [1.29, 1.82) is 0 Å². The van der Waals surface area contributed by atoms with Crippen LogP contribution in [0.3, 0.4) is 0 Å². The van der Waals surface area contributed by atoms with E-state index in [1.165, 1.54) is 25.7 Å². The minimum Gasteiger partial charge on any atom is -0.393 e. The summed E-state index contributed by atoms with van der Waals surface area (Å²) >= 11 is 0. The quantitative estimate of drug-likeness (QED) is 0.457. The monoisotopic (exact) mass is 182 g/mol. The fourth-order valence-electron chi connectivity index (χ4n) is 2.47. The Morgan fingerprint density at radius 2 is 1.46 bits per heavy atom. The van der Waals surface area contributed by atoms with Gasteiger partial charge in [0.05, 0.1) is 0 Å². The molecule has 72 valence electrons. The molecule has 2 rings (SSSR count). The van der Waals surface area contributed by atoms with Gasteiger partial charge in [0.2, 0.25) is 0 Å². The Labute approximate surface area is 77.4 Å². The summed E-state index contributed by atoms with van der Waals surface area (Å²) in [5, 5.41) is 0. The number of rotatable bonds is 1. The molecule has 1 saturated heterocycles. The lowest BCUT2D eigenvalue weighted by molar-refractivity contribution is -0.166. The van der Waals surface area contributed by atoms with Gasteiger partial charge in [-0.15, -0.1) is 0 Å². The average molecular weight is 182 g/mol. The summed E-state index contributed by atoms with van der Waals surface area (Å²) in [6.07, 6.45) is 5.79. The van der Waals surface area contributed by atoms with Crippen LogP contribution in [0.15, 0.2) is 0 Å². The van der Waals surface area contributed by atoms with E-state index in [-0.39, 0.29) is 17.9 Å². The topological polar surface area (TPSA) is 43.4 Å². The first-order valence-corrected chi connectivity index (χ1v) is 4.99. The van der Waals surface area contributed by atoms with Crippen LogP contribution in [0.1, 0.15) is 38.5 Å². The molecule has 1 heterocycles. The Kier molecular flexibility index (Phi) is 2.34. The van der Waals surface area contributed by atoms with E-state index in [1.54, 1.807) is 0 Å². The molecule has 13 heavy (non-hydrogen) atoms. The normalized spacial score (nSPS) is 26.5. The number of ether oxygens (including phenoxy) is 1. The van der Waals surface area contributed by atoms with Gasteiger partial charge >= 0.3 is 11.9 Å². The minimum atomic E-state index is -0.326. The van der Waals surface area contributed by atoms with Gasteiger partial charge in [0.25, 0.3) is 0 Å². The summed E-state index contributed by atoms with van der Waals surface area (Å²) in [5.74, 6) is 0.217. The molecular formula is C10H14O3. The van der Waals surface area contributed by atoms with Crippen LogP contribution in [-0.2, 0) is 14.3 Å². The Bertz CT molecular complexity index is 212. The van der Waals surface area contributed by atoms with E-state index in [1.807, 2.05) is 0 Å². The molecule has 0 spiro atoms. The van der Waals surface area contributed by atoms with E-state index in [9.17, 15) is 9.59 Å². The molecule has 0 N–H and O–H groups in total. The molecule has 1 aliphatic carbocycles. The minimum absolute atomic E-state index is 0.274. The highest BCUT2D eigenvalue weighted by Crippen LogP contribution is 2.36. The smallest absolute Gasteiger partial charge is 0.313 e. The lowest BCUT2D eigenvalue weighted by Crippen LogP contribution is -2.29. The van der Waals surface area contributed by atoms with Gasteiger partial charge in [-0.25, -0.2) is 0 Å². The van der Waals surface area contributed by atoms with Crippen molar-refractivity contribution >= 4 is 11.9 Å². The number of hydrogen-bond acceptors (Lipinski definition) is 3. The Morgan fingerprint density at radius 3 is 2.00 bits per heavy atom. The molecule has 2 fully saturated rings. The third-order valence-electron chi connectivity index (χ3n) is 3.15. The molecule has 0 bridgehead atoms. The molecule has 0 amide bonds. The summed E-state index contributed by atoms with van der Waals surface area (Å²) in [7, 11) is 0. The van der Waals surface area contributed by atoms with Crippen molar-refractivity contribution in [2.75, 3.05) is 0 Å². The summed E-state index contributed by atoms with van der Waals surface area (Å²) in [5.41, 5.74) is 0. The molecule has 0 atom stereocenters. The molecule has 1 saturated carbocycles. The van der Waals surface area contributed by atoms with Crippen LogP contribution >= 0.6 is 0 Å². The first-order chi connectivity index (χ1) is 6.25. The van der Waals surface area contributed by atoms with Crippen molar-refractivity contribution < 1.29 is 14.3 Å². The second-order valence-corrected chi connectivity index (χ2v) is 4.06. The molecular weight excluding hydrogens is 168 g/mol. The molecule has 0 aromatic carbocycles. The molecule has 2 aliphatic rings. The van der Waals surface area contributed by atoms with Crippen molar-refractivity contribution in [2.24, 2.45) is 11.8 Å². The maximum absolute atomic E-state index is 11.0. The van der Waals surface area contributed by atoms with E-state index in [0.29, 0.717) is 18.8 Å². The molecule has 3 heteroatoms. The predicted molar refractivity (Wildman–Crippen MR) is 45.8 cm³/mol. The van der Waals surface area contributed by atoms with Gasteiger partial charge < -0.3 is 4.74 Å². The highest BCUT2D eigenvalue weighted by Gasteiger charge is 2.33. The maximum atomic E-state index is 11.0. The number of carbonyl (C=O) groups excluding carboxylic acids is 2. The van der Waals surface area contributed by atoms with Crippen molar-refractivity contribution in [3.05, 3.63) is 0 Å². The van der Waals surface area contributed by atoms with Crippen LogP contribution in [0.4, 0.5) is 0 Å². The maximum Gasteiger partial charge on any atom is 0.313 e. The third-order valence-corrected chi connectivity index (χ3v) is 3.15. The van der Waals surface area contributed by atoms with Gasteiger partial charge in [-0.1, -0.05) is 25.7 Å². The SMILES string of the molecule is O=C1CC(C2CCCC2)CC(=O)O1. The fraction of sp³-hybridized carbons (Fsp3) is 0.800. The zero-order valence-electron chi connectivity index (χ0n) is 7.62. The van der Waals surface area contributed by atoms with E-state index in [2.05, 4.69) is 4.74 Å². The predicted octanol–water partition coefficient (Wildman–Crippen LogP) is 1.66. The largest absolute Gasteiger partial charge is 0.393 e. The molecule has 0 unspecified atom stereocenters. The van der Waals surface area contributed by atoms with Crippen molar-refractivity contribution in [1.82, 2.24) is 0 Å². The first kappa shape index (κ1) is 8.73. The first-order valence-electron chi connectivity index (χ1n) is 4.99. The van der Waals surface area contributed by atoms with E-state index in [4.69, 9.17) is 0 Å². The second-order valence-electron chi connectivity index (χ2n) is 4.06. The van der Waals surface area contributed by atoms with Crippen molar-refractivity contribution in [3.8, 4) is 0 Å². The van der Waals surface area contributed by atoms with Crippen LogP contribution in [0.5, 0.6) is 0 Å².